The zero-order valence-corrected chi connectivity index (χ0v) is 11.4. The number of rotatable bonds is 4. The summed E-state index contributed by atoms with van der Waals surface area (Å²) in [6.07, 6.45) is -0.00758. The van der Waals surface area contributed by atoms with Gasteiger partial charge in [0.15, 0.2) is 0 Å². The lowest BCUT2D eigenvalue weighted by Crippen LogP contribution is -2.40. The van der Waals surface area contributed by atoms with E-state index in [-0.39, 0.29) is 17.8 Å². The molecule has 2 aromatic rings. The molecule has 0 saturated carbocycles. The molecule has 2 unspecified atom stereocenters. The van der Waals surface area contributed by atoms with Crippen molar-refractivity contribution in [2.75, 3.05) is 26.4 Å². The van der Waals surface area contributed by atoms with Gasteiger partial charge in [0.1, 0.15) is 6.10 Å². The Labute approximate surface area is 116 Å². The Bertz CT molecular complexity index is 628. The van der Waals surface area contributed by atoms with E-state index in [4.69, 9.17) is 9.47 Å². The summed E-state index contributed by atoms with van der Waals surface area (Å²) in [6, 6.07) is 5.97. The van der Waals surface area contributed by atoms with Gasteiger partial charge in [0.2, 0.25) is 0 Å². The summed E-state index contributed by atoms with van der Waals surface area (Å²) >= 11 is 0. The van der Waals surface area contributed by atoms with Crippen LogP contribution in [0.25, 0.3) is 11.0 Å². The van der Waals surface area contributed by atoms with Crippen LogP contribution in [0.15, 0.2) is 23.0 Å². The minimum Gasteiger partial charge on any atom is -0.376 e. The van der Waals surface area contributed by atoms with E-state index in [0.29, 0.717) is 19.8 Å². The van der Waals surface area contributed by atoms with E-state index in [0.717, 1.165) is 23.1 Å². The van der Waals surface area contributed by atoms with Crippen LogP contribution in [0.4, 0.5) is 0 Å². The van der Waals surface area contributed by atoms with Gasteiger partial charge >= 0.3 is 5.69 Å². The predicted molar refractivity (Wildman–Crippen MR) is 75.9 cm³/mol. The molecule has 6 nitrogen and oxygen atoms in total. The number of aromatic amines is 2. The minimum atomic E-state index is -0.186. The van der Waals surface area contributed by atoms with Crippen LogP contribution in [0.3, 0.4) is 0 Å². The first-order valence-electron chi connectivity index (χ1n) is 6.92. The van der Waals surface area contributed by atoms with Gasteiger partial charge in [-0.05, 0) is 24.2 Å². The molecule has 0 aliphatic carbocycles. The van der Waals surface area contributed by atoms with E-state index in [9.17, 15) is 4.79 Å². The van der Waals surface area contributed by atoms with E-state index >= 15 is 0 Å². The molecular weight excluding hydrogens is 258 g/mol. The topological polar surface area (TPSA) is 79.1 Å². The second-order valence-corrected chi connectivity index (χ2v) is 4.90. The third-order valence-corrected chi connectivity index (χ3v) is 3.54. The van der Waals surface area contributed by atoms with Gasteiger partial charge in [-0.3, -0.25) is 0 Å². The minimum absolute atomic E-state index is 0.00758. The first-order valence-corrected chi connectivity index (χ1v) is 6.92. The first-order chi connectivity index (χ1) is 9.78. The Morgan fingerprint density at radius 2 is 2.20 bits per heavy atom. The third kappa shape index (κ3) is 2.63. The molecule has 20 heavy (non-hydrogen) atoms. The SMILES string of the molecule is CCNC(c1ccc2[nH]c(=O)[nH]c2c1)C1COCCO1. The highest BCUT2D eigenvalue weighted by atomic mass is 16.6. The second kappa shape index (κ2) is 5.78. The fourth-order valence-corrected chi connectivity index (χ4v) is 2.63. The summed E-state index contributed by atoms with van der Waals surface area (Å²) in [4.78, 5) is 16.9. The van der Waals surface area contributed by atoms with Gasteiger partial charge in [-0.1, -0.05) is 13.0 Å². The van der Waals surface area contributed by atoms with Gasteiger partial charge in [-0.25, -0.2) is 4.79 Å². The number of nitrogens with one attached hydrogen (secondary N) is 3. The molecule has 1 aromatic carbocycles. The normalized spacial score (nSPS) is 21.1. The van der Waals surface area contributed by atoms with Crippen molar-refractivity contribution in [3.8, 4) is 0 Å². The van der Waals surface area contributed by atoms with Crippen molar-refractivity contribution in [3.05, 3.63) is 34.2 Å². The van der Waals surface area contributed by atoms with Crippen LogP contribution in [0.2, 0.25) is 0 Å². The van der Waals surface area contributed by atoms with Crippen LogP contribution >= 0.6 is 0 Å². The third-order valence-electron chi connectivity index (χ3n) is 3.54. The molecule has 6 heteroatoms. The van der Waals surface area contributed by atoms with Gasteiger partial charge < -0.3 is 24.8 Å². The maximum absolute atomic E-state index is 11.3. The molecule has 0 amide bonds. The number of ether oxygens (including phenoxy) is 2. The largest absolute Gasteiger partial charge is 0.376 e. The fraction of sp³-hybridized carbons (Fsp3) is 0.500. The zero-order valence-electron chi connectivity index (χ0n) is 11.4. The molecule has 0 radical (unpaired) electrons. The molecule has 1 aliphatic rings. The average molecular weight is 277 g/mol. The molecule has 0 spiro atoms. The summed E-state index contributed by atoms with van der Waals surface area (Å²) in [5.41, 5.74) is 2.53. The molecule has 2 heterocycles. The number of aromatic nitrogens is 2. The van der Waals surface area contributed by atoms with Crippen LogP contribution in [0.1, 0.15) is 18.5 Å². The van der Waals surface area contributed by atoms with Gasteiger partial charge in [-0.15, -0.1) is 0 Å². The van der Waals surface area contributed by atoms with Crippen LogP contribution in [0, 0.1) is 0 Å². The molecule has 3 rings (SSSR count). The van der Waals surface area contributed by atoms with E-state index < -0.39 is 0 Å². The molecule has 3 N–H and O–H groups in total. The lowest BCUT2D eigenvalue weighted by Gasteiger charge is -2.31. The Kier molecular flexibility index (Phi) is 3.86. The zero-order chi connectivity index (χ0) is 13.9. The molecule has 2 atom stereocenters. The van der Waals surface area contributed by atoms with Gasteiger partial charge in [0, 0.05) is 0 Å². The van der Waals surface area contributed by atoms with Crippen LogP contribution < -0.4 is 11.0 Å². The molecule has 1 aliphatic heterocycles. The summed E-state index contributed by atoms with van der Waals surface area (Å²) in [7, 11) is 0. The second-order valence-electron chi connectivity index (χ2n) is 4.90. The molecule has 1 saturated heterocycles. The highest BCUT2D eigenvalue weighted by Gasteiger charge is 2.26. The maximum atomic E-state index is 11.3. The van der Waals surface area contributed by atoms with Crippen molar-refractivity contribution in [1.82, 2.24) is 15.3 Å². The smallest absolute Gasteiger partial charge is 0.323 e. The van der Waals surface area contributed by atoms with E-state index in [2.05, 4.69) is 22.2 Å². The number of hydrogen-bond donors (Lipinski definition) is 3. The highest BCUT2D eigenvalue weighted by Crippen LogP contribution is 2.23. The molecule has 1 fully saturated rings. The van der Waals surface area contributed by atoms with Crippen LogP contribution in [0.5, 0.6) is 0 Å². The quantitative estimate of drug-likeness (QED) is 0.776. The van der Waals surface area contributed by atoms with Crippen molar-refractivity contribution >= 4 is 11.0 Å². The van der Waals surface area contributed by atoms with Crippen molar-refractivity contribution in [3.63, 3.8) is 0 Å². The fourth-order valence-electron chi connectivity index (χ4n) is 2.63. The maximum Gasteiger partial charge on any atom is 0.323 e. The Hall–Kier alpha value is -1.63. The summed E-state index contributed by atoms with van der Waals surface area (Å²) in [5.74, 6) is 0. The Morgan fingerprint density at radius 3 is 2.95 bits per heavy atom. The molecular formula is C14H19N3O3. The summed E-state index contributed by atoms with van der Waals surface area (Å²) < 4.78 is 11.3. The number of H-pyrrole nitrogens is 2. The number of imidazole rings is 1. The number of hydrogen-bond acceptors (Lipinski definition) is 4. The van der Waals surface area contributed by atoms with Crippen molar-refractivity contribution < 1.29 is 9.47 Å². The standard InChI is InChI=1S/C14H19N3O3/c1-2-15-13(12-8-19-5-6-20-12)9-3-4-10-11(7-9)17-14(18)16-10/h3-4,7,12-13,15H,2,5-6,8H2,1H3,(H2,16,17,18). The number of fused-ring (bicyclic) bond motifs is 1. The monoisotopic (exact) mass is 277 g/mol. The predicted octanol–water partition coefficient (Wildman–Crippen LogP) is 0.922. The van der Waals surface area contributed by atoms with Crippen molar-refractivity contribution in [1.29, 1.82) is 0 Å². The van der Waals surface area contributed by atoms with Crippen LogP contribution in [-0.2, 0) is 9.47 Å². The van der Waals surface area contributed by atoms with Crippen molar-refractivity contribution in [2.24, 2.45) is 0 Å². The lowest BCUT2D eigenvalue weighted by atomic mass is 10.0. The number of likely N-dealkylation sites (N-methyl/N-ethyl adjacent to an activating group) is 1. The van der Waals surface area contributed by atoms with E-state index in [1.54, 1.807) is 0 Å². The highest BCUT2D eigenvalue weighted by molar-refractivity contribution is 5.75. The Balaban J connectivity index is 1.92. The molecule has 108 valence electrons. The van der Waals surface area contributed by atoms with Gasteiger partial charge in [-0.2, -0.15) is 0 Å². The average Bonchev–Trinajstić information content (AvgIpc) is 2.84. The molecule has 0 bridgehead atoms. The van der Waals surface area contributed by atoms with Crippen molar-refractivity contribution in [2.45, 2.75) is 19.1 Å². The first kappa shape index (κ1) is 13.4. The summed E-state index contributed by atoms with van der Waals surface area (Å²) in [6.45, 7) is 4.76. The Morgan fingerprint density at radius 1 is 1.35 bits per heavy atom. The van der Waals surface area contributed by atoms with Crippen LogP contribution in [-0.4, -0.2) is 42.4 Å². The number of benzene rings is 1. The van der Waals surface area contributed by atoms with Gasteiger partial charge in [0.05, 0.1) is 36.9 Å². The summed E-state index contributed by atoms with van der Waals surface area (Å²) in [5, 5.41) is 3.43. The molecule has 1 aromatic heterocycles. The van der Waals surface area contributed by atoms with E-state index in [1.165, 1.54) is 0 Å². The lowest BCUT2D eigenvalue weighted by molar-refractivity contribution is -0.102. The van der Waals surface area contributed by atoms with E-state index in [1.807, 2.05) is 18.2 Å². The van der Waals surface area contributed by atoms with Gasteiger partial charge in [0.25, 0.3) is 0 Å².